The van der Waals surface area contributed by atoms with Crippen molar-refractivity contribution in [2.45, 2.75) is 19.4 Å². The molecule has 2 N–H and O–H groups in total. The van der Waals surface area contributed by atoms with Crippen LogP contribution in [0.3, 0.4) is 0 Å². The molecule has 0 saturated heterocycles. The summed E-state index contributed by atoms with van der Waals surface area (Å²) in [6.07, 6.45) is 4.55. The highest BCUT2D eigenvalue weighted by Crippen LogP contribution is 2.19. The monoisotopic (exact) mass is 218 g/mol. The molecular weight excluding hydrogens is 204 g/mol. The van der Waals surface area contributed by atoms with E-state index in [1.165, 1.54) is 11.1 Å². The van der Waals surface area contributed by atoms with Crippen molar-refractivity contribution < 1.29 is 0 Å². The van der Waals surface area contributed by atoms with E-state index in [1.54, 1.807) is 17.5 Å². The number of hydrogen-bond acceptors (Lipinski definition) is 3. The van der Waals surface area contributed by atoms with E-state index in [2.05, 4.69) is 28.7 Å². The molecule has 1 unspecified atom stereocenters. The van der Waals surface area contributed by atoms with Gasteiger partial charge in [-0.1, -0.05) is 0 Å². The summed E-state index contributed by atoms with van der Waals surface area (Å²) >= 11 is 1.71. The summed E-state index contributed by atoms with van der Waals surface area (Å²) in [5, 5.41) is 4.23. The van der Waals surface area contributed by atoms with Crippen LogP contribution in [-0.4, -0.2) is 4.98 Å². The van der Waals surface area contributed by atoms with Crippen molar-refractivity contribution >= 4 is 11.3 Å². The largest absolute Gasteiger partial charge is 0.324 e. The molecule has 3 heteroatoms. The number of pyridine rings is 1. The Labute approximate surface area is 93.8 Å². The van der Waals surface area contributed by atoms with E-state index in [0.717, 1.165) is 12.0 Å². The van der Waals surface area contributed by atoms with Crippen molar-refractivity contribution in [1.82, 2.24) is 4.98 Å². The van der Waals surface area contributed by atoms with Crippen LogP contribution in [-0.2, 0) is 6.42 Å². The van der Waals surface area contributed by atoms with Gasteiger partial charge in [0.05, 0.1) is 0 Å². The lowest BCUT2D eigenvalue weighted by Crippen LogP contribution is -2.14. The van der Waals surface area contributed by atoms with Crippen molar-refractivity contribution in [1.29, 1.82) is 0 Å². The zero-order chi connectivity index (χ0) is 10.7. The zero-order valence-electron chi connectivity index (χ0n) is 8.68. The number of aryl methyl sites for hydroxylation is 1. The number of nitrogens with zero attached hydrogens (tertiary/aromatic N) is 1. The topological polar surface area (TPSA) is 38.9 Å². The van der Waals surface area contributed by atoms with Crippen LogP contribution in [0.25, 0.3) is 0 Å². The molecule has 0 aromatic carbocycles. The number of rotatable bonds is 3. The molecule has 0 bridgehead atoms. The van der Waals surface area contributed by atoms with Crippen molar-refractivity contribution in [3.63, 3.8) is 0 Å². The predicted octanol–water partition coefficient (Wildman–Crippen LogP) is 2.69. The van der Waals surface area contributed by atoms with Crippen LogP contribution in [0.4, 0.5) is 0 Å². The highest BCUT2D eigenvalue weighted by Gasteiger charge is 2.09. The molecule has 2 nitrogen and oxygen atoms in total. The Balaban J connectivity index is 2.15. The molecule has 1 atom stereocenters. The normalized spacial score (nSPS) is 12.7. The number of nitrogens with two attached hydrogens (primary N) is 1. The molecule has 2 rings (SSSR count). The van der Waals surface area contributed by atoms with E-state index >= 15 is 0 Å². The van der Waals surface area contributed by atoms with Gasteiger partial charge in [0.1, 0.15) is 0 Å². The molecule has 78 valence electrons. The van der Waals surface area contributed by atoms with Crippen LogP contribution in [0.15, 0.2) is 35.3 Å². The van der Waals surface area contributed by atoms with Gasteiger partial charge >= 0.3 is 0 Å². The smallest absolute Gasteiger partial charge is 0.0354 e. The molecule has 0 amide bonds. The van der Waals surface area contributed by atoms with E-state index in [4.69, 9.17) is 5.73 Å². The fraction of sp³-hybridized carbons (Fsp3) is 0.250. The first-order valence-corrected chi connectivity index (χ1v) is 5.89. The van der Waals surface area contributed by atoms with E-state index < -0.39 is 0 Å². The third-order valence-electron chi connectivity index (χ3n) is 2.51. The first-order chi connectivity index (χ1) is 7.27. The maximum Gasteiger partial charge on any atom is 0.0354 e. The lowest BCUT2D eigenvalue weighted by Gasteiger charge is -2.12. The first-order valence-electron chi connectivity index (χ1n) is 4.94. The fourth-order valence-electron chi connectivity index (χ4n) is 1.64. The van der Waals surface area contributed by atoms with Crippen LogP contribution < -0.4 is 5.73 Å². The third kappa shape index (κ3) is 2.43. The van der Waals surface area contributed by atoms with Crippen molar-refractivity contribution in [2.24, 2.45) is 5.73 Å². The molecule has 15 heavy (non-hydrogen) atoms. The summed E-state index contributed by atoms with van der Waals surface area (Å²) in [4.78, 5) is 4.12. The number of aromatic nitrogens is 1. The summed E-state index contributed by atoms with van der Waals surface area (Å²) in [6, 6.07) is 4.17. The molecule has 2 aromatic rings. The van der Waals surface area contributed by atoms with Crippen LogP contribution in [0.2, 0.25) is 0 Å². The van der Waals surface area contributed by atoms with Gasteiger partial charge in [0.15, 0.2) is 0 Å². The number of thiophene rings is 1. The quantitative estimate of drug-likeness (QED) is 0.860. The second kappa shape index (κ2) is 4.55. The Bertz CT molecular complexity index is 423. The molecule has 0 saturated carbocycles. The summed E-state index contributed by atoms with van der Waals surface area (Å²) in [6.45, 7) is 2.07. The Hall–Kier alpha value is -1.19. The van der Waals surface area contributed by atoms with Gasteiger partial charge in [-0.2, -0.15) is 11.3 Å². The number of hydrogen-bond donors (Lipinski definition) is 1. The molecule has 2 aromatic heterocycles. The van der Waals surface area contributed by atoms with Gasteiger partial charge in [0.2, 0.25) is 0 Å². The van der Waals surface area contributed by atoms with E-state index in [9.17, 15) is 0 Å². The Morgan fingerprint density at radius 2 is 2.33 bits per heavy atom. The Morgan fingerprint density at radius 1 is 1.47 bits per heavy atom. The molecule has 2 heterocycles. The van der Waals surface area contributed by atoms with E-state index in [1.807, 2.05) is 12.3 Å². The summed E-state index contributed by atoms with van der Waals surface area (Å²) < 4.78 is 0. The summed E-state index contributed by atoms with van der Waals surface area (Å²) in [5.74, 6) is 0. The molecule has 0 fully saturated rings. The van der Waals surface area contributed by atoms with Crippen molar-refractivity contribution in [3.8, 4) is 0 Å². The minimum absolute atomic E-state index is 0.0494. The van der Waals surface area contributed by atoms with Crippen LogP contribution in [0.1, 0.15) is 22.7 Å². The van der Waals surface area contributed by atoms with Crippen molar-refractivity contribution in [3.05, 3.63) is 52.0 Å². The average Bonchev–Trinajstić information content (AvgIpc) is 2.71. The Kier molecular flexibility index (Phi) is 3.14. The highest BCUT2D eigenvalue weighted by atomic mass is 32.1. The average molecular weight is 218 g/mol. The van der Waals surface area contributed by atoms with Crippen LogP contribution in [0, 0.1) is 6.92 Å². The second-order valence-electron chi connectivity index (χ2n) is 3.67. The lowest BCUT2D eigenvalue weighted by atomic mass is 9.99. The maximum atomic E-state index is 6.15. The van der Waals surface area contributed by atoms with Gasteiger partial charge in [0, 0.05) is 18.4 Å². The minimum atomic E-state index is 0.0494. The van der Waals surface area contributed by atoms with Gasteiger partial charge in [-0.3, -0.25) is 4.98 Å². The highest BCUT2D eigenvalue weighted by molar-refractivity contribution is 7.07. The van der Waals surface area contributed by atoms with Gasteiger partial charge in [0.25, 0.3) is 0 Å². The Morgan fingerprint density at radius 3 is 3.00 bits per heavy atom. The molecule has 0 spiro atoms. The summed E-state index contributed by atoms with van der Waals surface area (Å²) in [7, 11) is 0. The fourth-order valence-corrected chi connectivity index (χ4v) is 2.32. The molecule has 0 aliphatic carbocycles. The van der Waals surface area contributed by atoms with E-state index in [-0.39, 0.29) is 6.04 Å². The van der Waals surface area contributed by atoms with Crippen molar-refractivity contribution in [2.75, 3.05) is 0 Å². The zero-order valence-corrected chi connectivity index (χ0v) is 9.50. The SMILES string of the molecule is Cc1ccncc1C(N)Cc1ccsc1. The standard InChI is InChI=1S/C12H14N2S/c1-9-2-4-14-7-11(9)12(13)6-10-3-5-15-8-10/h2-5,7-8,12H,6,13H2,1H3. The van der Waals surface area contributed by atoms with Gasteiger partial charge in [-0.05, 0) is 52.9 Å². The van der Waals surface area contributed by atoms with Crippen LogP contribution in [0.5, 0.6) is 0 Å². The molecule has 0 aliphatic rings. The summed E-state index contributed by atoms with van der Waals surface area (Å²) in [5.41, 5.74) is 9.81. The third-order valence-corrected chi connectivity index (χ3v) is 3.25. The predicted molar refractivity (Wildman–Crippen MR) is 63.9 cm³/mol. The van der Waals surface area contributed by atoms with E-state index in [0.29, 0.717) is 0 Å². The van der Waals surface area contributed by atoms with Crippen LogP contribution >= 0.6 is 11.3 Å². The minimum Gasteiger partial charge on any atom is -0.324 e. The lowest BCUT2D eigenvalue weighted by molar-refractivity contribution is 0.714. The molecular formula is C12H14N2S. The van der Waals surface area contributed by atoms with Gasteiger partial charge in [-0.15, -0.1) is 0 Å². The van der Waals surface area contributed by atoms with Gasteiger partial charge < -0.3 is 5.73 Å². The maximum absolute atomic E-state index is 6.15. The van der Waals surface area contributed by atoms with Gasteiger partial charge in [-0.25, -0.2) is 0 Å². The molecule has 0 radical (unpaired) electrons. The first kappa shape index (κ1) is 10.3. The molecule has 0 aliphatic heterocycles. The second-order valence-corrected chi connectivity index (χ2v) is 4.45.